The van der Waals surface area contributed by atoms with Crippen LogP contribution in [0.3, 0.4) is 0 Å². The predicted octanol–water partition coefficient (Wildman–Crippen LogP) is 2.83. The van der Waals surface area contributed by atoms with Gasteiger partial charge in [0.25, 0.3) is 0 Å². The lowest BCUT2D eigenvalue weighted by Gasteiger charge is -2.17. The third-order valence-electron chi connectivity index (χ3n) is 1.74. The quantitative estimate of drug-likeness (QED) is 0.374. The van der Waals surface area contributed by atoms with Crippen LogP contribution in [-0.2, 0) is 0 Å². The van der Waals surface area contributed by atoms with Crippen molar-refractivity contribution >= 4 is 23.5 Å². The van der Waals surface area contributed by atoms with E-state index in [-0.39, 0.29) is 10.8 Å². The van der Waals surface area contributed by atoms with E-state index in [0.29, 0.717) is 10.2 Å². The molecule has 17 heavy (non-hydrogen) atoms. The van der Waals surface area contributed by atoms with E-state index in [1.165, 1.54) is 30.0 Å². The van der Waals surface area contributed by atoms with Crippen LogP contribution in [0.5, 0.6) is 0 Å². The first-order valence-corrected chi connectivity index (χ1v) is 5.58. The maximum atomic E-state index is 11.9. The minimum atomic E-state index is -4.88. The molecule has 0 spiro atoms. The van der Waals surface area contributed by atoms with Gasteiger partial charge in [-0.3, -0.25) is 5.21 Å². The summed E-state index contributed by atoms with van der Waals surface area (Å²) in [5, 5.41) is 9.88. The van der Waals surface area contributed by atoms with Gasteiger partial charge >= 0.3 is 12.3 Å². The standard InChI is InChI=1S/C9H9F3N2O2S/c1-17-7-4-2-3-6(5-7)14(16)8(15)13-9(10,11)12/h2-5,16H,1H3,(H,13,15). The molecular formula is C9H9F3N2O2S. The minimum absolute atomic E-state index is 0.0430. The molecule has 0 aliphatic heterocycles. The highest BCUT2D eigenvalue weighted by molar-refractivity contribution is 7.98. The first kappa shape index (κ1) is 13.7. The molecule has 2 N–H and O–H groups in total. The topological polar surface area (TPSA) is 52.6 Å². The van der Waals surface area contributed by atoms with E-state index < -0.39 is 12.3 Å². The molecule has 0 saturated heterocycles. The number of halogens is 3. The molecule has 94 valence electrons. The van der Waals surface area contributed by atoms with Crippen molar-refractivity contribution in [1.29, 1.82) is 0 Å². The van der Waals surface area contributed by atoms with Crippen molar-refractivity contribution < 1.29 is 23.2 Å². The third kappa shape index (κ3) is 4.16. The second kappa shape index (κ2) is 5.28. The molecule has 0 aliphatic carbocycles. The summed E-state index contributed by atoms with van der Waals surface area (Å²) in [7, 11) is 0. The number of hydroxylamine groups is 1. The average Bonchev–Trinajstić information content (AvgIpc) is 2.26. The molecule has 8 heteroatoms. The molecule has 0 atom stereocenters. The number of carbonyl (C=O) groups excluding carboxylic acids is 1. The van der Waals surface area contributed by atoms with Gasteiger partial charge in [0, 0.05) is 4.90 Å². The summed E-state index contributed by atoms with van der Waals surface area (Å²) in [4.78, 5) is 11.7. The zero-order valence-electron chi connectivity index (χ0n) is 8.65. The molecule has 1 aromatic carbocycles. The van der Waals surface area contributed by atoms with Crippen LogP contribution in [0.25, 0.3) is 0 Å². The summed E-state index contributed by atoms with van der Waals surface area (Å²) in [6.45, 7) is 0. The Morgan fingerprint density at radius 2 is 2.12 bits per heavy atom. The summed E-state index contributed by atoms with van der Waals surface area (Å²) >= 11 is 1.33. The Hall–Kier alpha value is -1.41. The molecule has 0 fully saturated rings. The van der Waals surface area contributed by atoms with E-state index in [1.54, 1.807) is 12.3 Å². The molecular weight excluding hydrogens is 257 g/mol. The lowest BCUT2D eigenvalue weighted by atomic mass is 10.3. The molecule has 1 rings (SSSR count). The Kier molecular flexibility index (Phi) is 4.24. The van der Waals surface area contributed by atoms with E-state index in [4.69, 9.17) is 0 Å². The summed E-state index contributed by atoms with van der Waals surface area (Å²) < 4.78 is 35.6. The monoisotopic (exact) mass is 266 g/mol. The molecule has 2 amide bonds. The van der Waals surface area contributed by atoms with Crippen LogP contribution in [0, 0.1) is 0 Å². The van der Waals surface area contributed by atoms with Crippen LogP contribution in [-0.4, -0.2) is 23.8 Å². The van der Waals surface area contributed by atoms with Crippen molar-refractivity contribution in [2.75, 3.05) is 11.3 Å². The van der Waals surface area contributed by atoms with Crippen LogP contribution >= 0.6 is 11.8 Å². The third-order valence-corrected chi connectivity index (χ3v) is 2.46. The number of anilines is 1. The number of urea groups is 1. The lowest BCUT2D eigenvalue weighted by Crippen LogP contribution is -2.45. The van der Waals surface area contributed by atoms with Crippen LogP contribution in [0.4, 0.5) is 23.7 Å². The van der Waals surface area contributed by atoms with E-state index in [2.05, 4.69) is 0 Å². The van der Waals surface area contributed by atoms with Gasteiger partial charge in [-0.15, -0.1) is 11.8 Å². The van der Waals surface area contributed by atoms with Crippen LogP contribution in [0.15, 0.2) is 29.2 Å². The smallest absolute Gasteiger partial charge is 0.280 e. The number of nitrogens with zero attached hydrogens (tertiary/aromatic N) is 1. The zero-order valence-corrected chi connectivity index (χ0v) is 9.47. The summed E-state index contributed by atoms with van der Waals surface area (Å²) in [5.74, 6) is 0. The van der Waals surface area contributed by atoms with Crippen LogP contribution in [0.2, 0.25) is 0 Å². The fraction of sp³-hybridized carbons (Fsp3) is 0.222. The SMILES string of the molecule is CSc1cccc(N(O)C(=O)NC(F)(F)F)c1. The first-order valence-electron chi connectivity index (χ1n) is 4.35. The molecule has 0 aromatic heterocycles. The highest BCUT2D eigenvalue weighted by Gasteiger charge is 2.32. The van der Waals surface area contributed by atoms with Gasteiger partial charge in [0.15, 0.2) is 0 Å². The number of hydrogen-bond donors (Lipinski definition) is 2. The molecule has 4 nitrogen and oxygen atoms in total. The van der Waals surface area contributed by atoms with Crippen molar-refractivity contribution in [3.63, 3.8) is 0 Å². The van der Waals surface area contributed by atoms with Gasteiger partial charge in [0.05, 0.1) is 5.69 Å². The van der Waals surface area contributed by atoms with Crippen molar-refractivity contribution in [3.8, 4) is 0 Å². The highest BCUT2D eigenvalue weighted by Crippen LogP contribution is 2.21. The lowest BCUT2D eigenvalue weighted by molar-refractivity contribution is -0.146. The second-order valence-electron chi connectivity index (χ2n) is 2.94. The summed E-state index contributed by atoms with van der Waals surface area (Å²) in [6, 6.07) is 4.27. The second-order valence-corrected chi connectivity index (χ2v) is 3.82. The molecule has 0 aliphatic rings. The van der Waals surface area contributed by atoms with Gasteiger partial charge in [-0.2, -0.15) is 18.2 Å². The van der Waals surface area contributed by atoms with Crippen LogP contribution < -0.4 is 10.4 Å². The number of rotatable bonds is 2. The Morgan fingerprint density at radius 1 is 1.47 bits per heavy atom. The summed E-state index contributed by atoms with van der Waals surface area (Å²) in [6.07, 6.45) is -3.12. The highest BCUT2D eigenvalue weighted by atomic mass is 32.2. The fourth-order valence-electron chi connectivity index (χ4n) is 1.03. The Balaban J connectivity index is 2.81. The molecule has 1 aromatic rings. The maximum absolute atomic E-state index is 11.9. The number of carbonyl (C=O) groups is 1. The minimum Gasteiger partial charge on any atom is -0.280 e. The number of alkyl halides is 3. The number of amides is 2. The molecule has 0 heterocycles. The largest absolute Gasteiger partial charge is 0.486 e. The maximum Gasteiger partial charge on any atom is 0.486 e. The fourth-order valence-corrected chi connectivity index (χ4v) is 1.49. The van der Waals surface area contributed by atoms with Crippen molar-refractivity contribution in [1.82, 2.24) is 5.32 Å². The predicted molar refractivity (Wildman–Crippen MR) is 57.1 cm³/mol. The molecule has 0 radical (unpaired) electrons. The van der Waals surface area contributed by atoms with Crippen molar-refractivity contribution in [3.05, 3.63) is 24.3 Å². The van der Waals surface area contributed by atoms with Gasteiger partial charge in [-0.05, 0) is 24.5 Å². The normalized spacial score (nSPS) is 11.1. The number of hydrogen-bond acceptors (Lipinski definition) is 3. The number of benzene rings is 1. The van der Waals surface area contributed by atoms with E-state index in [9.17, 15) is 23.2 Å². The van der Waals surface area contributed by atoms with Gasteiger partial charge in [-0.25, -0.2) is 10.1 Å². The average molecular weight is 266 g/mol. The Labute approximate surface area is 99.4 Å². The zero-order chi connectivity index (χ0) is 13.1. The van der Waals surface area contributed by atoms with Gasteiger partial charge < -0.3 is 0 Å². The molecule has 0 bridgehead atoms. The van der Waals surface area contributed by atoms with E-state index in [1.807, 2.05) is 0 Å². The van der Waals surface area contributed by atoms with Gasteiger partial charge in [0.2, 0.25) is 0 Å². The Morgan fingerprint density at radius 3 is 2.65 bits per heavy atom. The van der Waals surface area contributed by atoms with E-state index >= 15 is 0 Å². The van der Waals surface area contributed by atoms with Gasteiger partial charge in [-0.1, -0.05) is 6.07 Å². The Bertz CT molecular complexity index is 411. The number of thioether (sulfide) groups is 1. The van der Waals surface area contributed by atoms with Crippen LogP contribution in [0.1, 0.15) is 0 Å². The first-order chi connectivity index (χ1) is 7.83. The van der Waals surface area contributed by atoms with Crippen molar-refractivity contribution in [2.45, 2.75) is 11.2 Å². The molecule has 0 saturated carbocycles. The van der Waals surface area contributed by atoms with E-state index in [0.717, 1.165) is 0 Å². The molecule has 0 unspecified atom stereocenters. The van der Waals surface area contributed by atoms with Crippen molar-refractivity contribution in [2.24, 2.45) is 0 Å². The summed E-state index contributed by atoms with van der Waals surface area (Å²) in [5.41, 5.74) is -0.0430. The van der Waals surface area contributed by atoms with Gasteiger partial charge in [0.1, 0.15) is 0 Å². The number of nitrogens with one attached hydrogen (secondary N) is 1.